The number of aromatic hydroxyl groups is 1. The van der Waals surface area contributed by atoms with E-state index in [9.17, 15) is 9.90 Å². The molecule has 2 N–H and O–H groups in total. The van der Waals surface area contributed by atoms with Crippen LogP contribution >= 0.6 is 0 Å². The molecule has 0 amide bonds. The number of carbonyl (C=O) groups excluding carboxylic acids is 1. The summed E-state index contributed by atoms with van der Waals surface area (Å²) in [5, 5.41) is 12.9. The molecule has 0 heterocycles. The van der Waals surface area contributed by atoms with Crippen LogP contribution in [0.15, 0.2) is 18.2 Å². The minimum absolute atomic E-state index is 0.0916. The number of phenolic OH excluding ortho intramolecular Hbond substituents is 1. The highest BCUT2D eigenvalue weighted by molar-refractivity contribution is 6.00. The van der Waals surface area contributed by atoms with Gasteiger partial charge in [0, 0.05) is 0 Å². The molecule has 0 aliphatic carbocycles. The first-order valence-corrected chi connectivity index (χ1v) is 5.38. The Morgan fingerprint density at radius 1 is 1.38 bits per heavy atom. The summed E-state index contributed by atoms with van der Waals surface area (Å²) in [6, 6.07) is 5.32. The third-order valence-electron chi connectivity index (χ3n) is 2.48. The minimum Gasteiger partial charge on any atom is -0.507 e. The van der Waals surface area contributed by atoms with Gasteiger partial charge < -0.3 is 10.4 Å². The number of likely N-dealkylation sites (N-methyl/N-ethyl adjacent to an activating group) is 1. The van der Waals surface area contributed by atoms with Gasteiger partial charge in [0.1, 0.15) is 5.75 Å². The van der Waals surface area contributed by atoms with E-state index < -0.39 is 0 Å². The van der Waals surface area contributed by atoms with Crippen LogP contribution in [0.5, 0.6) is 5.75 Å². The second-order valence-electron chi connectivity index (χ2n) is 4.91. The molecule has 0 saturated carbocycles. The lowest BCUT2D eigenvalue weighted by molar-refractivity contribution is 0.0991. The van der Waals surface area contributed by atoms with Crippen LogP contribution in [0.3, 0.4) is 0 Å². The molecule has 1 rings (SSSR count). The summed E-state index contributed by atoms with van der Waals surface area (Å²) in [6.07, 6.45) is 0. The van der Waals surface area contributed by atoms with Gasteiger partial charge in [-0.25, -0.2) is 0 Å². The number of Topliss-reactive ketones (excluding diaryl/α,β-unsaturated/α-hetero) is 1. The Morgan fingerprint density at radius 3 is 2.50 bits per heavy atom. The molecular weight excluding hydrogens is 202 g/mol. The molecule has 0 aliphatic rings. The fourth-order valence-corrected chi connectivity index (χ4v) is 1.63. The van der Waals surface area contributed by atoms with Crippen LogP contribution in [0.4, 0.5) is 0 Å². The summed E-state index contributed by atoms with van der Waals surface area (Å²) >= 11 is 0. The van der Waals surface area contributed by atoms with Crippen LogP contribution in [0.25, 0.3) is 0 Å². The van der Waals surface area contributed by atoms with Crippen LogP contribution in [0.2, 0.25) is 0 Å². The van der Waals surface area contributed by atoms with Crippen LogP contribution < -0.4 is 5.32 Å². The van der Waals surface area contributed by atoms with E-state index in [1.807, 2.05) is 32.9 Å². The molecular formula is C13H19NO2. The molecule has 1 aromatic rings. The van der Waals surface area contributed by atoms with Gasteiger partial charge in [0.15, 0.2) is 5.78 Å². The molecule has 0 aromatic heterocycles. The number of para-hydroxylation sites is 1. The van der Waals surface area contributed by atoms with Crippen molar-refractivity contribution in [2.45, 2.75) is 26.2 Å². The lowest BCUT2D eigenvalue weighted by Gasteiger charge is -2.21. The lowest BCUT2D eigenvalue weighted by Crippen LogP contribution is -2.20. The van der Waals surface area contributed by atoms with Gasteiger partial charge in [0.05, 0.1) is 12.1 Å². The topological polar surface area (TPSA) is 49.3 Å². The van der Waals surface area contributed by atoms with Crippen molar-refractivity contribution in [2.24, 2.45) is 0 Å². The molecule has 3 nitrogen and oxygen atoms in total. The first kappa shape index (κ1) is 12.7. The van der Waals surface area contributed by atoms with Crippen molar-refractivity contribution < 1.29 is 9.90 Å². The zero-order chi connectivity index (χ0) is 12.3. The maximum atomic E-state index is 11.7. The van der Waals surface area contributed by atoms with Gasteiger partial charge in [0.25, 0.3) is 0 Å². The standard InChI is InChI=1S/C13H19NO2/c1-13(2,3)10-7-5-6-9(12(10)16)11(15)8-14-4/h5-7,14,16H,8H2,1-4H3. The molecule has 0 atom stereocenters. The van der Waals surface area contributed by atoms with Crippen molar-refractivity contribution in [2.75, 3.05) is 13.6 Å². The Hall–Kier alpha value is -1.35. The summed E-state index contributed by atoms with van der Waals surface area (Å²) in [6.45, 7) is 6.26. The third kappa shape index (κ3) is 2.61. The van der Waals surface area contributed by atoms with Gasteiger partial charge in [-0.2, -0.15) is 0 Å². The van der Waals surface area contributed by atoms with E-state index in [1.54, 1.807) is 13.1 Å². The maximum absolute atomic E-state index is 11.7. The highest BCUT2D eigenvalue weighted by Gasteiger charge is 2.21. The van der Waals surface area contributed by atoms with Crippen LogP contribution in [-0.4, -0.2) is 24.5 Å². The summed E-state index contributed by atoms with van der Waals surface area (Å²) in [4.78, 5) is 11.7. The number of phenols is 1. The van der Waals surface area contributed by atoms with Crippen LogP contribution in [-0.2, 0) is 5.41 Å². The van der Waals surface area contributed by atoms with Gasteiger partial charge >= 0.3 is 0 Å². The Kier molecular flexibility index (Phi) is 3.70. The van der Waals surface area contributed by atoms with Gasteiger partial charge in [-0.3, -0.25) is 4.79 Å². The van der Waals surface area contributed by atoms with E-state index in [2.05, 4.69) is 5.32 Å². The second-order valence-corrected chi connectivity index (χ2v) is 4.91. The van der Waals surface area contributed by atoms with Crippen LogP contribution in [0.1, 0.15) is 36.7 Å². The molecule has 0 fully saturated rings. The highest BCUT2D eigenvalue weighted by atomic mass is 16.3. The Bertz CT molecular complexity index is 391. The molecule has 0 saturated heterocycles. The number of benzene rings is 1. The van der Waals surface area contributed by atoms with Crippen molar-refractivity contribution in [1.82, 2.24) is 5.32 Å². The van der Waals surface area contributed by atoms with E-state index in [0.29, 0.717) is 5.56 Å². The van der Waals surface area contributed by atoms with E-state index in [-0.39, 0.29) is 23.5 Å². The largest absolute Gasteiger partial charge is 0.507 e. The summed E-state index contributed by atoms with van der Waals surface area (Å²) < 4.78 is 0. The number of hydrogen-bond acceptors (Lipinski definition) is 3. The van der Waals surface area contributed by atoms with Crippen molar-refractivity contribution in [3.05, 3.63) is 29.3 Å². The van der Waals surface area contributed by atoms with Gasteiger partial charge in [0.2, 0.25) is 0 Å². The van der Waals surface area contributed by atoms with E-state index in [1.165, 1.54) is 0 Å². The van der Waals surface area contributed by atoms with Gasteiger partial charge in [-0.05, 0) is 24.1 Å². The molecule has 0 unspecified atom stereocenters. The van der Waals surface area contributed by atoms with Crippen LogP contribution in [0, 0.1) is 0 Å². The van der Waals surface area contributed by atoms with Gasteiger partial charge in [-0.1, -0.05) is 32.9 Å². The number of nitrogens with one attached hydrogen (secondary N) is 1. The summed E-state index contributed by atoms with van der Waals surface area (Å²) in [5.74, 6) is 0.0151. The smallest absolute Gasteiger partial charge is 0.180 e. The predicted octanol–water partition coefficient (Wildman–Crippen LogP) is 2.09. The normalized spacial score (nSPS) is 11.5. The van der Waals surface area contributed by atoms with Crippen molar-refractivity contribution in [1.29, 1.82) is 0 Å². The van der Waals surface area contributed by atoms with Gasteiger partial charge in [-0.15, -0.1) is 0 Å². The quantitative estimate of drug-likeness (QED) is 0.768. The Balaban J connectivity index is 3.19. The number of rotatable bonds is 3. The van der Waals surface area contributed by atoms with Crippen molar-refractivity contribution in [3.8, 4) is 5.75 Å². The average Bonchev–Trinajstić information content (AvgIpc) is 2.16. The lowest BCUT2D eigenvalue weighted by atomic mass is 9.85. The number of ketones is 1. The molecule has 1 aromatic carbocycles. The molecule has 0 bridgehead atoms. The van der Waals surface area contributed by atoms with Crippen molar-refractivity contribution >= 4 is 5.78 Å². The molecule has 0 radical (unpaired) electrons. The third-order valence-corrected chi connectivity index (χ3v) is 2.48. The first-order chi connectivity index (χ1) is 7.38. The fraction of sp³-hybridized carbons (Fsp3) is 0.462. The highest BCUT2D eigenvalue weighted by Crippen LogP contribution is 2.33. The SMILES string of the molecule is CNCC(=O)c1cccc(C(C)(C)C)c1O. The fourth-order valence-electron chi connectivity index (χ4n) is 1.63. The minimum atomic E-state index is -0.167. The predicted molar refractivity (Wildman–Crippen MR) is 65.1 cm³/mol. The average molecular weight is 221 g/mol. The van der Waals surface area contributed by atoms with Crippen molar-refractivity contribution in [3.63, 3.8) is 0 Å². The maximum Gasteiger partial charge on any atom is 0.180 e. The summed E-state index contributed by atoms with van der Waals surface area (Å²) in [5.41, 5.74) is 1.02. The van der Waals surface area contributed by atoms with E-state index in [4.69, 9.17) is 0 Å². The zero-order valence-electron chi connectivity index (χ0n) is 10.3. The summed E-state index contributed by atoms with van der Waals surface area (Å²) in [7, 11) is 1.71. The van der Waals surface area contributed by atoms with E-state index in [0.717, 1.165) is 5.56 Å². The zero-order valence-corrected chi connectivity index (χ0v) is 10.3. The molecule has 0 aliphatic heterocycles. The Morgan fingerprint density at radius 2 is 2.00 bits per heavy atom. The molecule has 0 spiro atoms. The second kappa shape index (κ2) is 4.66. The molecule has 88 valence electrons. The Labute approximate surface area is 96.5 Å². The van der Waals surface area contributed by atoms with E-state index >= 15 is 0 Å². The number of carbonyl (C=O) groups is 1. The molecule has 3 heteroatoms. The molecule has 16 heavy (non-hydrogen) atoms. The number of hydrogen-bond donors (Lipinski definition) is 2. The first-order valence-electron chi connectivity index (χ1n) is 5.38. The monoisotopic (exact) mass is 221 g/mol.